The molecule has 0 spiro atoms. The van der Waals surface area contributed by atoms with E-state index in [1.54, 1.807) is 14.2 Å². The maximum absolute atomic E-state index is 12.4. The van der Waals surface area contributed by atoms with Crippen LogP contribution in [0.15, 0.2) is 42.5 Å². The fourth-order valence-electron chi connectivity index (χ4n) is 3.38. The molecule has 0 aromatic heterocycles. The average Bonchev–Trinajstić information content (AvgIpc) is 2.66. The molecule has 4 nitrogen and oxygen atoms in total. The van der Waals surface area contributed by atoms with Gasteiger partial charge in [0.25, 0.3) is 0 Å². The largest absolute Gasteiger partial charge is 0.497 e. The number of ether oxygens (including phenoxy) is 2. The monoisotopic (exact) mass is 339 g/mol. The summed E-state index contributed by atoms with van der Waals surface area (Å²) in [6.45, 7) is 0. The molecule has 0 aliphatic heterocycles. The normalized spacial score (nSPS) is 16.0. The molecule has 2 aromatic rings. The molecule has 25 heavy (non-hydrogen) atoms. The minimum absolute atomic E-state index is 0.101. The van der Waals surface area contributed by atoms with Crippen LogP contribution in [-0.2, 0) is 17.6 Å². The highest BCUT2D eigenvalue weighted by Crippen LogP contribution is 2.32. The lowest BCUT2D eigenvalue weighted by Gasteiger charge is -2.27. The number of aryl methyl sites for hydroxylation is 2. The molecule has 1 amide bonds. The minimum Gasteiger partial charge on any atom is -0.497 e. The maximum Gasteiger partial charge on any atom is 0.220 e. The van der Waals surface area contributed by atoms with Crippen LogP contribution in [0.25, 0.3) is 0 Å². The molecule has 0 unspecified atom stereocenters. The summed E-state index contributed by atoms with van der Waals surface area (Å²) in [6, 6.07) is 14.1. The van der Waals surface area contributed by atoms with E-state index in [2.05, 4.69) is 17.4 Å². The van der Waals surface area contributed by atoms with E-state index in [0.29, 0.717) is 6.42 Å². The topological polar surface area (TPSA) is 47.6 Å². The summed E-state index contributed by atoms with van der Waals surface area (Å²) >= 11 is 0. The highest BCUT2D eigenvalue weighted by molar-refractivity contribution is 5.76. The molecule has 1 aliphatic carbocycles. The van der Waals surface area contributed by atoms with Gasteiger partial charge in [-0.25, -0.2) is 0 Å². The van der Waals surface area contributed by atoms with Crippen molar-refractivity contribution in [3.8, 4) is 11.5 Å². The zero-order valence-corrected chi connectivity index (χ0v) is 14.9. The van der Waals surface area contributed by atoms with Crippen molar-refractivity contribution in [2.75, 3.05) is 14.2 Å². The van der Waals surface area contributed by atoms with Crippen LogP contribution in [0, 0.1) is 0 Å². The van der Waals surface area contributed by atoms with E-state index in [4.69, 9.17) is 9.47 Å². The van der Waals surface area contributed by atoms with Crippen molar-refractivity contribution < 1.29 is 14.3 Å². The molecule has 0 radical (unpaired) electrons. The molecule has 1 N–H and O–H groups in total. The molecular formula is C21H25NO3. The summed E-state index contributed by atoms with van der Waals surface area (Å²) in [7, 11) is 3.34. The van der Waals surface area contributed by atoms with Crippen LogP contribution in [0.5, 0.6) is 11.5 Å². The van der Waals surface area contributed by atoms with Gasteiger partial charge in [0.05, 0.1) is 20.3 Å². The van der Waals surface area contributed by atoms with E-state index in [-0.39, 0.29) is 11.9 Å². The first kappa shape index (κ1) is 17.3. The first-order valence-electron chi connectivity index (χ1n) is 8.78. The highest BCUT2D eigenvalue weighted by Gasteiger charge is 2.22. The molecule has 132 valence electrons. The fourth-order valence-corrected chi connectivity index (χ4v) is 3.38. The Balaban J connectivity index is 1.58. The number of rotatable bonds is 6. The van der Waals surface area contributed by atoms with Crippen LogP contribution in [0.3, 0.4) is 0 Å². The van der Waals surface area contributed by atoms with Crippen LogP contribution in [0.4, 0.5) is 0 Å². The number of hydrogen-bond donors (Lipinski definition) is 1. The van der Waals surface area contributed by atoms with Gasteiger partial charge in [0.2, 0.25) is 5.91 Å². The van der Waals surface area contributed by atoms with Crippen molar-refractivity contribution in [1.82, 2.24) is 5.32 Å². The number of benzene rings is 2. The minimum atomic E-state index is 0.101. The third kappa shape index (κ3) is 4.32. The number of fused-ring (bicyclic) bond motifs is 1. The molecule has 3 rings (SSSR count). The van der Waals surface area contributed by atoms with E-state index in [0.717, 1.165) is 42.7 Å². The Labute approximate surface area is 149 Å². The Hall–Kier alpha value is -2.49. The van der Waals surface area contributed by atoms with Crippen LogP contribution in [0.2, 0.25) is 0 Å². The van der Waals surface area contributed by atoms with Crippen LogP contribution in [-0.4, -0.2) is 20.1 Å². The van der Waals surface area contributed by atoms with E-state index in [9.17, 15) is 4.79 Å². The molecule has 1 atom stereocenters. The van der Waals surface area contributed by atoms with Gasteiger partial charge in [-0.3, -0.25) is 4.79 Å². The molecule has 1 aliphatic rings. The first-order chi connectivity index (χ1) is 12.2. The van der Waals surface area contributed by atoms with Gasteiger partial charge in [-0.1, -0.05) is 18.2 Å². The molecular weight excluding hydrogens is 314 g/mol. The Bertz CT molecular complexity index is 724. The number of hydrogen-bond acceptors (Lipinski definition) is 3. The fraction of sp³-hybridized carbons (Fsp3) is 0.381. The summed E-state index contributed by atoms with van der Waals surface area (Å²) in [4.78, 5) is 12.4. The van der Waals surface area contributed by atoms with E-state index in [1.807, 2.05) is 30.3 Å². The van der Waals surface area contributed by atoms with Crippen molar-refractivity contribution >= 4 is 5.91 Å². The van der Waals surface area contributed by atoms with Gasteiger partial charge in [-0.15, -0.1) is 0 Å². The molecule has 0 heterocycles. The SMILES string of the molecule is COc1ccc(CCC(=O)N[C@H]2CCCc3cc(OC)ccc32)cc1. The second-order valence-corrected chi connectivity index (χ2v) is 6.43. The average molecular weight is 339 g/mol. The van der Waals surface area contributed by atoms with Gasteiger partial charge >= 0.3 is 0 Å². The maximum atomic E-state index is 12.4. The molecule has 0 bridgehead atoms. The van der Waals surface area contributed by atoms with Gasteiger partial charge in [-0.05, 0) is 66.6 Å². The quantitative estimate of drug-likeness (QED) is 0.870. The number of nitrogens with one attached hydrogen (secondary N) is 1. The third-order valence-electron chi connectivity index (χ3n) is 4.80. The summed E-state index contributed by atoms with van der Waals surface area (Å²) in [5.41, 5.74) is 3.65. The Morgan fingerprint density at radius 1 is 1.08 bits per heavy atom. The number of methoxy groups -OCH3 is 2. The molecule has 0 saturated heterocycles. The van der Waals surface area contributed by atoms with Crippen molar-refractivity contribution in [1.29, 1.82) is 0 Å². The lowest BCUT2D eigenvalue weighted by Crippen LogP contribution is -2.31. The van der Waals surface area contributed by atoms with E-state index < -0.39 is 0 Å². The molecule has 0 fully saturated rings. The van der Waals surface area contributed by atoms with Crippen LogP contribution in [0.1, 0.15) is 42.0 Å². The van der Waals surface area contributed by atoms with Crippen LogP contribution < -0.4 is 14.8 Å². The van der Waals surface area contributed by atoms with Crippen molar-refractivity contribution in [2.24, 2.45) is 0 Å². The van der Waals surface area contributed by atoms with Gasteiger partial charge < -0.3 is 14.8 Å². The predicted molar refractivity (Wildman–Crippen MR) is 98.1 cm³/mol. The Morgan fingerprint density at radius 2 is 1.80 bits per heavy atom. The lowest BCUT2D eigenvalue weighted by atomic mass is 9.87. The first-order valence-corrected chi connectivity index (χ1v) is 8.78. The second kappa shape index (κ2) is 8.06. The molecule has 4 heteroatoms. The summed E-state index contributed by atoms with van der Waals surface area (Å²) in [5, 5.41) is 3.20. The van der Waals surface area contributed by atoms with Gasteiger partial charge in [0, 0.05) is 6.42 Å². The highest BCUT2D eigenvalue weighted by atomic mass is 16.5. The van der Waals surface area contributed by atoms with Gasteiger partial charge in [0.1, 0.15) is 11.5 Å². The standard InChI is InChI=1S/C21H25NO3/c1-24-17-9-6-15(7-10-17)8-13-21(23)22-20-5-3-4-16-14-18(25-2)11-12-19(16)20/h6-7,9-12,14,20H,3-5,8,13H2,1-2H3,(H,22,23)/t20-/m0/s1. The van der Waals surface area contributed by atoms with Crippen LogP contribution >= 0.6 is 0 Å². The van der Waals surface area contributed by atoms with Crippen molar-refractivity contribution in [3.05, 3.63) is 59.2 Å². The zero-order valence-electron chi connectivity index (χ0n) is 14.9. The Kier molecular flexibility index (Phi) is 5.59. The number of amides is 1. The molecule has 0 saturated carbocycles. The van der Waals surface area contributed by atoms with Gasteiger partial charge in [-0.2, -0.15) is 0 Å². The lowest BCUT2D eigenvalue weighted by molar-refractivity contribution is -0.121. The smallest absolute Gasteiger partial charge is 0.220 e. The number of carbonyl (C=O) groups is 1. The summed E-state index contributed by atoms with van der Waals surface area (Å²) in [5.74, 6) is 1.82. The molecule has 2 aromatic carbocycles. The predicted octanol–water partition coefficient (Wildman–Crippen LogP) is 3.83. The summed E-state index contributed by atoms with van der Waals surface area (Å²) in [6.07, 6.45) is 4.36. The van der Waals surface area contributed by atoms with Gasteiger partial charge in [0.15, 0.2) is 0 Å². The third-order valence-corrected chi connectivity index (χ3v) is 4.80. The van der Waals surface area contributed by atoms with E-state index in [1.165, 1.54) is 11.1 Å². The van der Waals surface area contributed by atoms with E-state index >= 15 is 0 Å². The zero-order chi connectivity index (χ0) is 17.6. The number of carbonyl (C=O) groups excluding carboxylic acids is 1. The van der Waals surface area contributed by atoms with Crippen molar-refractivity contribution in [3.63, 3.8) is 0 Å². The summed E-state index contributed by atoms with van der Waals surface area (Å²) < 4.78 is 10.5. The Morgan fingerprint density at radius 3 is 2.52 bits per heavy atom. The van der Waals surface area contributed by atoms with Crippen molar-refractivity contribution in [2.45, 2.75) is 38.1 Å². The second-order valence-electron chi connectivity index (χ2n) is 6.43.